The van der Waals surface area contributed by atoms with Crippen LogP contribution in [0.3, 0.4) is 0 Å². The summed E-state index contributed by atoms with van der Waals surface area (Å²) in [5, 5.41) is 3.22. The maximum atomic E-state index is 12.7. The monoisotopic (exact) mass is 260 g/mol. The smallest absolute Gasteiger partial charge is 0.231 e. The van der Waals surface area contributed by atoms with Gasteiger partial charge in [-0.2, -0.15) is 0 Å². The first kappa shape index (κ1) is 14.1. The highest BCUT2D eigenvalue weighted by atomic mass is 16.2. The second kappa shape index (κ2) is 5.33. The third-order valence-corrected chi connectivity index (χ3v) is 4.63. The molecule has 1 aromatic rings. The molecule has 3 N–H and O–H groups in total. The van der Waals surface area contributed by atoms with Crippen molar-refractivity contribution in [2.24, 2.45) is 5.73 Å². The summed E-state index contributed by atoms with van der Waals surface area (Å²) in [6, 6.07) is 10.1. The number of nitrogens with two attached hydrogens (primary N) is 1. The third-order valence-electron chi connectivity index (χ3n) is 4.63. The first-order chi connectivity index (χ1) is 9.12. The van der Waals surface area contributed by atoms with Crippen molar-refractivity contribution < 1.29 is 4.79 Å². The Morgan fingerprint density at radius 2 is 1.84 bits per heavy atom. The average Bonchev–Trinajstić information content (AvgIpc) is 3.27. The lowest BCUT2D eigenvalue weighted by molar-refractivity contribution is -0.125. The first-order valence-electron chi connectivity index (χ1n) is 7.21. The van der Waals surface area contributed by atoms with Crippen LogP contribution in [0.4, 0.5) is 0 Å². The fourth-order valence-corrected chi connectivity index (χ4v) is 2.66. The minimum absolute atomic E-state index is 0.146. The zero-order valence-corrected chi connectivity index (χ0v) is 11.9. The van der Waals surface area contributed by atoms with Crippen molar-refractivity contribution in [2.45, 2.75) is 50.5 Å². The maximum Gasteiger partial charge on any atom is 0.231 e. The van der Waals surface area contributed by atoms with Crippen molar-refractivity contribution in [3.05, 3.63) is 35.9 Å². The molecule has 104 valence electrons. The molecule has 3 heteroatoms. The van der Waals surface area contributed by atoms with Gasteiger partial charge in [-0.05, 0) is 31.2 Å². The van der Waals surface area contributed by atoms with E-state index in [-0.39, 0.29) is 16.9 Å². The van der Waals surface area contributed by atoms with Crippen LogP contribution in [0.5, 0.6) is 0 Å². The molecule has 0 aliphatic heterocycles. The summed E-state index contributed by atoms with van der Waals surface area (Å²) in [6.45, 7) is 4.66. The number of hydrogen-bond donors (Lipinski definition) is 2. The van der Waals surface area contributed by atoms with Gasteiger partial charge in [-0.15, -0.1) is 0 Å². The molecule has 1 aliphatic carbocycles. The van der Waals surface area contributed by atoms with Crippen LogP contribution in [-0.4, -0.2) is 18.0 Å². The summed E-state index contributed by atoms with van der Waals surface area (Å²) >= 11 is 0. The lowest BCUT2D eigenvalue weighted by Crippen LogP contribution is -2.55. The summed E-state index contributed by atoms with van der Waals surface area (Å²) in [5.41, 5.74) is 6.45. The molecule has 1 fully saturated rings. The molecule has 1 saturated carbocycles. The summed E-state index contributed by atoms with van der Waals surface area (Å²) < 4.78 is 0. The van der Waals surface area contributed by atoms with E-state index in [9.17, 15) is 4.79 Å². The van der Waals surface area contributed by atoms with Crippen LogP contribution in [0.25, 0.3) is 0 Å². The summed E-state index contributed by atoms with van der Waals surface area (Å²) in [7, 11) is 0. The fraction of sp³-hybridized carbons (Fsp3) is 0.562. The van der Waals surface area contributed by atoms with Crippen LogP contribution in [-0.2, 0) is 10.2 Å². The lowest BCUT2D eigenvalue weighted by Gasteiger charge is -2.33. The molecule has 1 aromatic carbocycles. The predicted molar refractivity (Wildman–Crippen MR) is 77.9 cm³/mol. The fourth-order valence-electron chi connectivity index (χ4n) is 2.66. The molecular formula is C16H24N2O. The van der Waals surface area contributed by atoms with E-state index in [0.717, 1.165) is 31.2 Å². The maximum absolute atomic E-state index is 12.7. The van der Waals surface area contributed by atoms with E-state index >= 15 is 0 Å². The van der Waals surface area contributed by atoms with Crippen LogP contribution < -0.4 is 11.1 Å². The van der Waals surface area contributed by atoms with Crippen LogP contribution in [0.1, 0.15) is 45.1 Å². The van der Waals surface area contributed by atoms with E-state index in [4.69, 9.17) is 5.73 Å². The Morgan fingerprint density at radius 3 is 2.26 bits per heavy atom. The van der Waals surface area contributed by atoms with Crippen LogP contribution in [0, 0.1) is 0 Å². The Morgan fingerprint density at radius 1 is 1.26 bits per heavy atom. The molecule has 0 radical (unpaired) electrons. The van der Waals surface area contributed by atoms with E-state index in [1.807, 2.05) is 18.2 Å². The lowest BCUT2D eigenvalue weighted by atomic mass is 9.89. The molecule has 0 heterocycles. The number of hydrogen-bond acceptors (Lipinski definition) is 2. The van der Waals surface area contributed by atoms with E-state index in [1.165, 1.54) is 0 Å². The summed E-state index contributed by atoms with van der Waals surface area (Å²) in [5.74, 6) is 0.146. The number of nitrogens with one attached hydrogen (secondary N) is 1. The molecule has 0 aromatic heterocycles. The van der Waals surface area contributed by atoms with Gasteiger partial charge in [-0.3, -0.25) is 4.79 Å². The van der Waals surface area contributed by atoms with E-state index < -0.39 is 0 Å². The van der Waals surface area contributed by atoms with Crippen LogP contribution in [0.15, 0.2) is 30.3 Å². The van der Waals surface area contributed by atoms with E-state index in [2.05, 4.69) is 31.3 Å². The standard InChI is InChI=1S/C16H24N2O/c1-3-15(4-2,12-17)18-14(19)16(10-11-16)13-8-6-5-7-9-13/h5-9H,3-4,10-12,17H2,1-2H3,(H,18,19). The molecular weight excluding hydrogens is 236 g/mol. The highest BCUT2D eigenvalue weighted by Gasteiger charge is 2.52. The minimum Gasteiger partial charge on any atom is -0.349 e. The molecule has 1 amide bonds. The number of carbonyl (C=O) groups is 1. The zero-order valence-electron chi connectivity index (χ0n) is 11.9. The molecule has 0 atom stereocenters. The topological polar surface area (TPSA) is 55.1 Å². The summed E-state index contributed by atoms with van der Waals surface area (Å²) in [6.07, 6.45) is 3.63. The number of carbonyl (C=O) groups excluding carboxylic acids is 1. The molecule has 0 spiro atoms. The van der Waals surface area contributed by atoms with Gasteiger partial charge in [0.15, 0.2) is 0 Å². The molecule has 2 rings (SSSR count). The van der Waals surface area contributed by atoms with Gasteiger partial charge in [0.2, 0.25) is 5.91 Å². The Hall–Kier alpha value is -1.35. The first-order valence-corrected chi connectivity index (χ1v) is 7.21. The van der Waals surface area contributed by atoms with Gasteiger partial charge in [-0.1, -0.05) is 44.2 Å². The molecule has 0 unspecified atom stereocenters. The van der Waals surface area contributed by atoms with Gasteiger partial charge in [0.25, 0.3) is 0 Å². The van der Waals surface area contributed by atoms with Crippen molar-refractivity contribution in [1.82, 2.24) is 5.32 Å². The minimum atomic E-state index is -0.300. The Balaban J connectivity index is 2.17. The van der Waals surface area contributed by atoms with E-state index in [0.29, 0.717) is 6.54 Å². The quantitative estimate of drug-likeness (QED) is 0.825. The molecule has 0 saturated heterocycles. The second-order valence-electron chi connectivity index (χ2n) is 5.59. The number of amides is 1. The Labute approximate surface area is 115 Å². The van der Waals surface area contributed by atoms with Crippen molar-refractivity contribution in [3.63, 3.8) is 0 Å². The SMILES string of the molecule is CCC(CC)(CN)NC(=O)C1(c2ccccc2)CC1. The van der Waals surface area contributed by atoms with Crippen molar-refractivity contribution in [1.29, 1.82) is 0 Å². The molecule has 0 bridgehead atoms. The summed E-state index contributed by atoms with van der Waals surface area (Å²) in [4.78, 5) is 12.7. The zero-order chi connectivity index (χ0) is 13.9. The Kier molecular flexibility index (Phi) is 3.95. The highest BCUT2D eigenvalue weighted by molar-refractivity contribution is 5.91. The van der Waals surface area contributed by atoms with Gasteiger partial charge in [0.05, 0.1) is 11.0 Å². The van der Waals surface area contributed by atoms with E-state index in [1.54, 1.807) is 0 Å². The normalized spacial score (nSPS) is 17.0. The number of rotatable bonds is 6. The van der Waals surface area contributed by atoms with Gasteiger partial charge >= 0.3 is 0 Å². The van der Waals surface area contributed by atoms with Crippen molar-refractivity contribution in [2.75, 3.05) is 6.54 Å². The van der Waals surface area contributed by atoms with Crippen molar-refractivity contribution in [3.8, 4) is 0 Å². The van der Waals surface area contributed by atoms with Crippen LogP contribution in [0.2, 0.25) is 0 Å². The van der Waals surface area contributed by atoms with Crippen LogP contribution >= 0.6 is 0 Å². The van der Waals surface area contributed by atoms with Gasteiger partial charge in [0, 0.05) is 6.54 Å². The van der Waals surface area contributed by atoms with Gasteiger partial charge in [-0.25, -0.2) is 0 Å². The molecule has 3 nitrogen and oxygen atoms in total. The second-order valence-corrected chi connectivity index (χ2v) is 5.59. The van der Waals surface area contributed by atoms with Gasteiger partial charge in [0.1, 0.15) is 0 Å². The predicted octanol–water partition coefficient (Wildman–Crippen LogP) is 2.35. The van der Waals surface area contributed by atoms with Gasteiger partial charge < -0.3 is 11.1 Å². The third kappa shape index (κ3) is 2.52. The van der Waals surface area contributed by atoms with Crippen molar-refractivity contribution >= 4 is 5.91 Å². The highest BCUT2D eigenvalue weighted by Crippen LogP contribution is 2.48. The largest absolute Gasteiger partial charge is 0.349 e. The number of benzene rings is 1. The Bertz CT molecular complexity index is 425. The average molecular weight is 260 g/mol. The molecule has 1 aliphatic rings. The molecule has 19 heavy (non-hydrogen) atoms.